The number of amides is 2. The summed E-state index contributed by atoms with van der Waals surface area (Å²) in [6, 6.07) is 14.5. The minimum absolute atomic E-state index is 0.113. The van der Waals surface area contributed by atoms with Crippen molar-refractivity contribution >= 4 is 27.9 Å². The first-order valence-electron chi connectivity index (χ1n) is 9.72. The van der Waals surface area contributed by atoms with Gasteiger partial charge >= 0.3 is 0 Å². The van der Waals surface area contributed by atoms with Gasteiger partial charge in [-0.05, 0) is 49.6 Å². The van der Waals surface area contributed by atoms with Crippen LogP contribution in [0.3, 0.4) is 0 Å². The number of sulfonamides is 1. The van der Waals surface area contributed by atoms with Gasteiger partial charge in [0.25, 0.3) is 5.91 Å². The van der Waals surface area contributed by atoms with Crippen molar-refractivity contribution in [2.75, 3.05) is 6.54 Å². The number of hydrazine groups is 1. The summed E-state index contributed by atoms with van der Waals surface area (Å²) < 4.78 is 31.8. The van der Waals surface area contributed by atoms with Gasteiger partial charge in [-0.25, -0.2) is 13.1 Å². The third kappa shape index (κ3) is 8.23. The minimum Gasteiger partial charge on any atom is -0.481 e. The third-order valence-corrected chi connectivity index (χ3v) is 5.55. The summed E-state index contributed by atoms with van der Waals surface area (Å²) >= 11 is 0. The van der Waals surface area contributed by atoms with Crippen molar-refractivity contribution in [3.63, 3.8) is 0 Å². The number of ether oxygens (including phenoxy) is 1. The van der Waals surface area contributed by atoms with Crippen molar-refractivity contribution in [3.05, 3.63) is 70.6 Å². The monoisotopic (exact) mass is 445 g/mol. The van der Waals surface area contributed by atoms with E-state index in [0.29, 0.717) is 5.75 Å². The van der Waals surface area contributed by atoms with Gasteiger partial charge in [-0.1, -0.05) is 42.5 Å². The number of hydrogen-bond donors (Lipinski definition) is 3. The smallest absolute Gasteiger partial charge is 0.279 e. The van der Waals surface area contributed by atoms with E-state index in [2.05, 4.69) is 15.6 Å². The fourth-order valence-electron chi connectivity index (χ4n) is 2.48. The summed E-state index contributed by atoms with van der Waals surface area (Å²) in [4.78, 5) is 24.0. The predicted molar refractivity (Wildman–Crippen MR) is 119 cm³/mol. The van der Waals surface area contributed by atoms with Gasteiger partial charge in [0.2, 0.25) is 15.9 Å². The maximum absolute atomic E-state index is 12.1. The maximum atomic E-state index is 12.1. The lowest BCUT2D eigenvalue weighted by Gasteiger charge is -2.17. The summed E-state index contributed by atoms with van der Waals surface area (Å²) in [5.74, 6) is -0.477. The molecule has 0 saturated heterocycles. The molecule has 0 radical (unpaired) electrons. The molecule has 2 aromatic carbocycles. The van der Waals surface area contributed by atoms with E-state index in [1.54, 1.807) is 37.3 Å². The second-order valence-corrected chi connectivity index (χ2v) is 8.55. The molecule has 0 bridgehead atoms. The molecule has 0 aliphatic heterocycles. The Balaban J connectivity index is 1.73. The molecular weight excluding hydrogens is 418 g/mol. The Morgan fingerprint density at radius 1 is 1.03 bits per heavy atom. The lowest BCUT2D eigenvalue weighted by Crippen LogP contribution is -2.47. The van der Waals surface area contributed by atoms with Gasteiger partial charge < -0.3 is 4.74 Å². The molecule has 0 saturated carbocycles. The molecule has 1 atom stereocenters. The zero-order chi connectivity index (χ0) is 22.9. The molecule has 2 amide bonds. The first-order valence-corrected chi connectivity index (χ1v) is 11.3. The Bertz CT molecular complexity index is 1040. The van der Waals surface area contributed by atoms with E-state index >= 15 is 0 Å². The Labute approximate surface area is 182 Å². The molecule has 31 heavy (non-hydrogen) atoms. The van der Waals surface area contributed by atoms with E-state index < -0.39 is 27.9 Å². The van der Waals surface area contributed by atoms with Crippen LogP contribution in [0.4, 0.5) is 0 Å². The molecule has 0 heterocycles. The SMILES string of the molecule is Cc1cccc(OC(C)C(=O)NNC(=O)CCNS(=O)(=O)C=Cc2ccccc2)c1C. The molecule has 8 nitrogen and oxygen atoms in total. The second-order valence-electron chi connectivity index (χ2n) is 6.90. The fraction of sp³-hybridized carbons (Fsp3) is 0.273. The van der Waals surface area contributed by atoms with E-state index in [9.17, 15) is 18.0 Å². The third-order valence-electron chi connectivity index (χ3n) is 4.45. The molecule has 0 aliphatic carbocycles. The lowest BCUT2D eigenvalue weighted by molar-refractivity contribution is -0.132. The number of benzene rings is 2. The molecule has 0 spiro atoms. The highest BCUT2D eigenvalue weighted by Gasteiger charge is 2.17. The van der Waals surface area contributed by atoms with Gasteiger partial charge in [0.15, 0.2) is 6.10 Å². The highest BCUT2D eigenvalue weighted by Crippen LogP contribution is 2.21. The van der Waals surface area contributed by atoms with Gasteiger partial charge in [-0.2, -0.15) is 0 Å². The number of nitrogens with one attached hydrogen (secondary N) is 3. The fourth-order valence-corrected chi connectivity index (χ4v) is 3.30. The van der Waals surface area contributed by atoms with Crippen LogP contribution in [0.1, 0.15) is 30.0 Å². The molecule has 1 unspecified atom stereocenters. The molecule has 3 N–H and O–H groups in total. The number of aryl methyl sites for hydroxylation is 1. The Morgan fingerprint density at radius 3 is 2.45 bits per heavy atom. The zero-order valence-corrected chi connectivity index (χ0v) is 18.5. The van der Waals surface area contributed by atoms with Crippen LogP contribution in [0.5, 0.6) is 5.75 Å². The summed E-state index contributed by atoms with van der Waals surface area (Å²) in [5, 5.41) is 1.04. The minimum atomic E-state index is -3.68. The summed E-state index contributed by atoms with van der Waals surface area (Å²) in [6.07, 6.45) is 0.479. The van der Waals surface area contributed by atoms with Crippen LogP contribution in [0.2, 0.25) is 0 Å². The first kappa shape index (κ1) is 24.1. The van der Waals surface area contributed by atoms with Crippen LogP contribution in [0.25, 0.3) is 6.08 Å². The molecule has 2 rings (SSSR count). The van der Waals surface area contributed by atoms with Crippen molar-refractivity contribution in [1.29, 1.82) is 0 Å². The molecule has 2 aromatic rings. The van der Waals surface area contributed by atoms with E-state index in [1.165, 1.54) is 6.08 Å². The highest BCUT2D eigenvalue weighted by atomic mass is 32.2. The Kier molecular flexibility index (Phi) is 8.77. The van der Waals surface area contributed by atoms with Crippen LogP contribution in [0.15, 0.2) is 53.9 Å². The Hall–Kier alpha value is -3.17. The van der Waals surface area contributed by atoms with Crippen LogP contribution in [-0.2, 0) is 19.6 Å². The normalized spacial score (nSPS) is 12.4. The number of carbonyl (C=O) groups is 2. The van der Waals surface area contributed by atoms with E-state index in [1.807, 2.05) is 32.0 Å². The van der Waals surface area contributed by atoms with E-state index in [4.69, 9.17) is 4.74 Å². The number of rotatable bonds is 9. The predicted octanol–water partition coefficient (Wildman–Crippen LogP) is 2.20. The highest BCUT2D eigenvalue weighted by molar-refractivity contribution is 7.92. The molecule has 9 heteroatoms. The molecule has 0 fully saturated rings. The second kappa shape index (κ2) is 11.3. The van der Waals surface area contributed by atoms with Crippen LogP contribution in [-0.4, -0.2) is 32.9 Å². The quantitative estimate of drug-likeness (QED) is 0.512. The van der Waals surface area contributed by atoms with Gasteiger partial charge in [0.1, 0.15) is 5.75 Å². The van der Waals surface area contributed by atoms with Gasteiger partial charge in [-0.3, -0.25) is 20.4 Å². The van der Waals surface area contributed by atoms with Gasteiger partial charge in [-0.15, -0.1) is 0 Å². The van der Waals surface area contributed by atoms with Gasteiger partial charge in [0.05, 0.1) is 0 Å². The first-order chi connectivity index (χ1) is 14.7. The lowest BCUT2D eigenvalue weighted by atomic mass is 10.1. The average Bonchev–Trinajstić information content (AvgIpc) is 2.74. The van der Waals surface area contributed by atoms with Gasteiger partial charge in [0, 0.05) is 18.4 Å². The summed E-state index contributed by atoms with van der Waals surface area (Å²) in [6.45, 7) is 5.29. The van der Waals surface area contributed by atoms with E-state index in [0.717, 1.165) is 22.1 Å². The average molecular weight is 446 g/mol. The molecule has 166 valence electrons. The van der Waals surface area contributed by atoms with Crippen molar-refractivity contribution in [2.24, 2.45) is 0 Å². The van der Waals surface area contributed by atoms with Crippen LogP contribution >= 0.6 is 0 Å². The standard InChI is InChI=1S/C22H27N3O5S/c1-16-8-7-11-20(17(16)2)30-18(3)22(27)25-24-21(26)12-14-23-31(28,29)15-13-19-9-5-4-6-10-19/h4-11,13,15,18,23H,12,14H2,1-3H3,(H,24,26)(H,25,27). The molecule has 0 aromatic heterocycles. The summed E-state index contributed by atoms with van der Waals surface area (Å²) in [7, 11) is -3.68. The zero-order valence-electron chi connectivity index (χ0n) is 17.7. The van der Waals surface area contributed by atoms with Crippen molar-refractivity contribution in [1.82, 2.24) is 15.6 Å². The van der Waals surface area contributed by atoms with Crippen molar-refractivity contribution in [2.45, 2.75) is 33.3 Å². The summed E-state index contributed by atoms with van der Waals surface area (Å²) in [5.41, 5.74) is 7.24. The topological polar surface area (TPSA) is 114 Å². The Morgan fingerprint density at radius 2 is 1.74 bits per heavy atom. The van der Waals surface area contributed by atoms with Crippen LogP contribution < -0.4 is 20.3 Å². The largest absolute Gasteiger partial charge is 0.481 e. The number of hydrogen-bond acceptors (Lipinski definition) is 5. The van der Waals surface area contributed by atoms with E-state index in [-0.39, 0.29) is 13.0 Å². The number of carbonyl (C=O) groups excluding carboxylic acids is 2. The van der Waals surface area contributed by atoms with Crippen LogP contribution in [0, 0.1) is 13.8 Å². The maximum Gasteiger partial charge on any atom is 0.279 e. The van der Waals surface area contributed by atoms with Crippen molar-refractivity contribution < 1.29 is 22.7 Å². The molecular formula is C22H27N3O5S. The molecule has 0 aliphatic rings. The van der Waals surface area contributed by atoms with Crippen molar-refractivity contribution in [3.8, 4) is 5.75 Å².